The quantitative estimate of drug-likeness (QED) is 0.260. The van der Waals surface area contributed by atoms with Gasteiger partial charge in [-0.2, -0.15) is 0 Å². The maximum absolute atomic E-state index is 5.05. The Morgan fingerprint density at radius 1 is 0.529 bits per heavy atom. The van der Waals surface area contributed by atoms with E-state index < -0.39 is 0 Å². The lowest BCUT2D eigenvalue weighted by Gasteiger charge is -2.12. The molecule has 0 unspecified atom stereocenters. The zero-order chi connectivity index (χ0) is 22.6. The van der Waals surface area contributed by atoms with Gasteiger partial charge in [0.05, 0.1) is 28.7 Å². The Hall–Kier alpha value is -4.50. The van der Waals surface area contributed by atoms with E-state index in [-0.39, 0.29) is 0 Å². The first-order valence-electron chi connectivity index (χ1n) is 11.5. The molecule has 0 fully saturated rings. The lowest BCUT2D eigenvalue weighted by molar-refractivity contribution is 0.948. The number of fused-ring (bicyclic) bond motifs is 7. The van der Waals surface area contributed by atoms with Crippen LogP contribution in [0.4, 0.5) is 0 Å². The Balaban J connectivity index is 1.43. The van der Waals surface area contributed by atoms with Crippen LogP contribution < -0.4 is 0 Å². The predicted octanol–water partition coefficient (Wildman–Crippen LogP) is 7.76. The van der Waals surface area contributed by atoms with Crippen molar-refractivity contribution in [2.24, 2.45) is 7.05 Å². The van der Waals surface area contributed by atoms with Crippen LogP contribution in [0, 0.1) is 0 Å². The SMILES string of the molecule is Cn1cnc2ccc(-c3cccc(-c4ccc5c6ccccc6c6ccccc6c5c4)n3)cc21. The van der Waals surface area contributed by atoms with Crippen LogP contribution >= 0.6 is 0 Å². The van der Waals surface area contributed by atoms with Gasteiger partial charge >= 0.3 is 0 Å². The second-order valence-electron chi connectivity index (χ2n) is 8.82. The number of aryl methyl sites for hydroxylation is 1. The number of hydrogen-bond acceptors (Lipinski definition) is 2. The molecule has 0 saturated carbocycles. The van der Waals surface area contributed by atoms with Crippen molar-refractivity contribution in [1.29, 1.82) is 0 Å². The summed E-state index contributed by atoms with van der Waals surface area (Å²) in [7, 11) is 2.02. The number of hydrogen-bond donors (Lipinski definition) is 0. The minimum Gasteiger partial charge on any atom is -0.334 e. The molecule has 0 spiro atoms. The highest BCUT2D eigenvalue weighted by Gasteiger charge is 2.11. The van der Waals surface area contributed by atoms with Crippen molar-refractivity contribution in [2.75, 3.05) is 0 Å². The number of nitrogens with zero attached hydrogens (tertiary/aromatic N) is 3. The Bertz CT molecular complexity index is 1840. The zero-order valence-corrected chi connectivity index (χ0v) is 18.7. The van der Waals surface area contributed by atoms with Crippen molar-refractivity contribution in [3.8, 4) is 22.5 Å². The smallest absolute Gasteiger partial charge is 0.0955 e. The lowest BCUT2D eigenvalue weighted by Crippen LogP contribution is -1.90. The summed E-state index contributed by atoms with van der Waals surface area (Å²) in [5.41, 5.74) is 6.25. The highest BCUT2D eigenvalue weighted by molar-refractivity contribution is 6.25. The fourth-order valence-electron chi connectivity index (χ4n) is 5.11. The highest BCUT2D eigenvalue weighted by Crippen LogP contribution is 2.37. The first-order chi connectivity index (χ1) is 16.8. The lowest BCUT2D eigenvalue weighted by atomic mass is 9.93. The van der Waals surface area contributed by atoms with E-state index in [9.17, 15) is 0 Å². The van der Waals surface area contributed by atoms with E-state index in [0.29, 0.717) is 0 Å². The molecular formula is C31H21N3. The molecule has 0 radical (unpaired) electrons. The summed E-state index contributed by atoms with van der Waals surface area (Å²) in [4.78, 5) is 9.49. The summed E-state index contributed by atoms with van der Waals surface area (Å²) in [5, 5.41) is 7.67. The van der Waals surface area contributed by atoms with E-state index in [4.69, 9.17) is 4.98 Å². The molecule has 0 N–H and O–H groups in total. The second-order valence-corrected chi connectivity index (χ2v) is 8.82. The van der Waals surface area contributed by atoms with Crippen molar-refractivity contribution in [1.82, 2.24) is 14.5 Å². The summed E-state index contributed by atoms with van der Waals surface area (Å²) in [6.45, 7) is 0. The van der Waals surface area contributed by atoms with Crippen molar-refractivity contribution in [3.63, 3.8) is 0 Å². The molecule has 0 bridgehead atoms. The van der Waals surface area contributed by atoms with Gasteiger partial charge in [-0.05, 0) is 62.6 Å². The molecule has 2 heterocycles. The summed E-state index contributed by atoms with van der Waals surface area (Å²) >= 11 is 0. The summed E-state index contributed by atoms with van der Waals surface area (Å²) in [5.74, 6) is 0. The molecule has 0 aliphatic carbocycles. The Morgan fingerprint density at radius 2 is 1.09 bits per heavy atom. The molecule has 0 saturated heterocycles. The number of aromatic nitrogens is 3. The summed E-state index contributed by atoms with van der Waals surface area (Å²) in [6.07, 6.45) is 1.85. The third kappa shape index (κ3) is 2.84. The van der Waals surface area contributed by atoms with Gasteiger partial charge in [-0.1, -0.05) is 72.8 Å². The number of rotatable bonds is 2. The molecule has 0 aliphatic heterocycles. The summed E-state index contributed by atoms with van der Waals surface area (Å²) < 4.78 is 2.04. The van der Waals surface area contributed by atoms with Crippen molar-refractivity contribution in [2.45, 2.75) is 0 Å². The van der Waals surface area contributed by atoms with Gasteiger partial charge in [-0.3, -0.25) is 0 Å². The minimum atomic E-state index is 0.962. The predicted molar refractivity (Wildman–Crippen MR) is 142 cm³/mol. The summed E-state index contributed by atoms with van der Waals surface area (Å²) in [6, 6.07) is 36.7. The van der Waals surface area contributed by atoms with Crippen LogP contribution in [0.15, 0.2) is 109 Å². The molecular weight excluding hydrogens is 414 g/mol. The molecule has 0 aliphatic rings. The van der Waals surface area contributed by atoms with Crippen LogP contribution in [-0.2, 0) is 7.05 Å². The second kappa shape index (κ2) is 7.26. The standard InChI is InChI=1S/C31H21N3/c1-34-19-32-30-16-14-21(18-31(30)34)29-12-6-11-28(33-29)20-13-15-26-24-9-3-2-7-22(24)23-8-4-5-10-25(23)27(26)17-20/h2-19H,1H3. The van der Waals surface area contributed by atoms with Gasteiger partial charge in [-0.15, -0.1) is 0 Å². The fourth-order valence-corrected chi connectivity index (χ4v) is 5.11. The molecule has 0 amide bonds. The molecule has 0 atom stereocenters. The van der Waals surface area contributed by atoms with E-state index in [1.54, 1.807) is 0 Å². The van der Waals surface area contributed by atoms with Crippen LogP contribution in [0.25, 0.3) is 65.9 Å². The normalized spacial score (nSPS) is 11.7. The molecule has 3 nitrogen and oxygen atoms in total. The molecule has 7 aromatic rings. The number of imidazole rings is 1. The Morgan fingerprint density at radius 3 is 1.76 bits per heavy atom. The van der Waals surface area contributed by atoms with Gasteiger partial charge < -0.3 is 4.57 Å². The van der Waals surface area contributed by atoms with Gasteiger partial charge in [0, 0.05) is 18.2 Å². The third-order valence-corrected chi connectivity index (χ3v) is 6.81. The maximum Gasteiger partial charge on any atom is 0.0955 e. The van der Waals surface area contributed by atoms with E-state index in [2.05, 4.69) is 108 Å². The maximum atomic E-state index is 5.05. The molecule has 5 aromatic carbocycles. The number of benzene rings is 5. The zero-order valence-electron chi connectivity index (χ0n) is 18.7. The fraction of sp³-hybridized carbons (Fsp3) is 0.0323. The van der Waals surface area contributed by atoms with Gasteiger partial charge in [0.15, 0.2) is 0 Å². The molecule has 34 heavy (non-hydrogen) atoms. The van der Waals surface area contributed by atoms with E-state index in [0.717, 1.165) is 33.5 Å². The molecule has 160 valence electrons. The van der Waals surface area contributed by atoms with E-state index in [1.165, 1.54) is 32.3 Å². The molecule has 3 heteroatoms. The minimum absolute atomic E-state index is 0.962. The van der Waals surface area contributed by atoms with Crippen molar-refractivity contribution < 1.29 is 0 Å². The van der Waals surface area contributed by atoms with Crippen LogP contribution in [0.1, 0.15) is 0 Å². The van der Waals surface area contributed by atoms with Crippen molar-refractivity contribution >= 4 is 43.4 Å². The van der Waals surface area contributed by atoms with Crippen LogP contribution in [0.3, 0.4) is 0 Å². The first kappa shape index (κ1) is 19.0. The van der Waals surface area contributed by atoms with Gasteiger partial charge in [0.25, 0.3) is 0 Å². The highest BCUT2D eigenvalue weighted by atomic mass is 15.0. The topological polar surface area (TPSA) is 30.7 Å². The average Bonchev–Trinajstić information content (AvgIpc) is 3.28. The van der Waals surface area contributed by atoms with Crippen LogP contribution in [0.2, 0.25) is 0 Å². The Labute approximate surface area is 196 Å². The average molecular weight is 436 g/mol. The number of pyridine rings is 1. The molecule has 7 rings (SSSR count). The van der Waals surface area contributed by atoms with E-state index in [1.807, 2.05) is 17.9 Å². The van der Waals surface area contributed by atoms with Crippen LogP contribution in [0.5, 0.6) is 0 Å². The van der Waals surface area contributed by atoms with Gasteiger partial charge in [-0.25, -0.2) is 9.97 Å². The van der Waals surface area contributed by atoms with Gasteiger partial charge in [0.2, 0.25) is 0 Å². The largest absolute Gasteiger partial charge is 0.334 e. The van der Waals surface area contributed by atoms with E-state index >= 15 is 0 Å². The first-order valence-corrected chi connectivity index (χ1v) is 11.5. The Kier molecular flexibility index (Phi) is 4.06. The van der Waals surface area contributed by atoms with Crippen LogP contribution in [-0.4, -0.2) is 14.5 Å². The van der Waals surface area contributed by atoms with Gasteiger partial charge in [0.1, 0.15) is 0 Å². The monoisotopic (exact) mass is 435 g/mol. The third-order valence-electron chi connectivity index (χ3n) is 6.81. The van der Waals surface area contributed by atoms with Crippen molar-refractivity contribution in [3.05, 3.63) is 109 Å². The molecule has 2 aromatic heterocycles.